The summed E-state index contributed by atoms with van der Waals surface area (Å²) in [5.74, 6) is -0.344. The van der Waals surface area contributed by atoms with Gasteiger partial charge in [-0.05, 0) is 63.5 Å². The Morgan fingerprint density at radius 1 is 1.07 bits per heavy atom. The van der Waals surface area contributed by atoms with Gasteiger partial charge in [0.25, 0.3) is 0 Å². The summed E-state index contributed by atoms with van der Waals surface area (Å²) in [5, 5.41) is 0. The van der Waals surface area contributed by atoms with E-state index in [2.05, 4.69) is 4.72 Å². The third-order valence-corrected chi connectivity index (χ3v) is 5.61. The normalized spacial score (nSPS) is 12.8. The number of esters is 1. The second-order valence-corrected chi connectivity index (χ2v) is 8.38. The molecule has 150 valence electrons. The monoisotopic (exact) mass is 401 g/mol. The first-order valence-electron chi connectivity index (χ1n) is 9.37. The smallest absolute Gasteiger partial charge is 0.338 e. The fraction of sp³-hybridized carbons (Fsp3) is 0.318. The molecule has 0 fully saturated rings. The van der Waals surface area contributed by atoms with Gasteiger partial charge in [0.15, 0.2) is 0 Å². The molecule has 5 nitrogen and oxygen atoms in total. The minimum atomic E-state index is -3.45. The molecule has 0 heterocycles. The number of benzene rings is 2. The van der Waals surface area contributed by atoms with Crippen LogP contribution in [0.25, 0.3) is 0 Å². The van der Waals surface area contributed by atoms with E-state index in [1.54, 1.807) is 48.5 Å². The summed E-state index contributed by atoms with van der Waals surface area (Å²) in [6.07, 6.45) is 5.85. The molecule has 1 N–H and O–H groups in total. The van der Waals surface area contributed by atoms with E-state index < -0.39 is 10.0 Å². The van der Waals surface area contributed by atoms with Gasteiger partial charge in [0.2, 0.25) is 10.0 Å². The van der Waals surface area contributed by atoms with E-state index >= 15 is 0 Å². The second kappa shape index (κ2) is 10.8. The number of carbonyl (C=O) groups is 1. The molecule has 0 saturated carbocycles. The Morgan fingerprint density at radius 3 is 2.43 bits per heavy atom. The number of hydrogen-bond acceptors (Lipinski definition) is 4. The molecule has 28 heavy (non-hydrogen) atoms. The van der Waals surface area contributed by atoms with Gasteiger partial charge in [0.05, 0.1) is 10.5 Å². The predicted molar refractivity (Wildman–Crippen MR) is 111 cm³/mol. The molecule has 1 atom stereocenters. The number of hydrogen-bond donors (Lipinski definition) is 1. The minimum absolute atomic E-state index is 0.284. The van der Waals surface area contributed by atoms with Gasteiger partial charge in [-0.2, -0.15) is 0 Å². The Bertz CT molecular complexity index is 875. The highest BCUT2D eigenvalue weighted by Gasteiger charge is 2.12. The molecular formula is C22H27NO4S. The fourth-order valence-electron chi connectivity index (χ4n) is 2.53. The molecule has 6 heteroatoms. The summed E-state index contributed by atoms with van der Waals surface area (Å²) in [4.78, 5) is 12.2. The van der Waals surface area contributed by atoms with Crippen molar-refractivity contribution in [2.45, 2.75) is 44.1 Å². The van der Waals surface area contributed by atoms with Gasteiger partial charge in [-0.1, -0.05) is 42.0 Å². The SMILES string of the molecule is Cc1ccc(S(=O)(=O)NCCCC/C=C/C(C)OC(=O)c2ccccc2)cc1. The van der Waals surface area contributed by atoms with E-state index in [1.807, 2.05) is 32.1 Å². The minimum Gasteiger partial charge on any atom is -0.455 e. The van der Waals surface area contributed by atoms with Crippen LogP contribution in [0.1, 0.15) is 42.1 Å². The van der Waals surface area contributed by atoms with E-state index in [0.29, 0.717) is 12.1 Å². The van der Waals surface area contributed by atoms with Gasteiger partial charge in [-0.25, -0.2) is 17.9 Å². The Balaban J connectivity index is 1.64. The maximum atomic E-state index is 12.2. The second-order valence-electron chi connectivity index (χ2n) is 6.61. The van der Waals surface area contributed by atoms with Crippen molar-refractivity contribution in [3.05, 3.63) is 77.9 Å². The highest BCUT2D eigenvalue weighted by Crippen LogP contribution is 2.10. The summed E-state index contributed by atoms with van der Waals surface area (Å²) in [7, 11) is -3.45. The molecule has 2 aromatic rings. The van der Waals surface area contributed by atoms with Gasteiger partial charge in [-0.15, -0.1) is 0 Å². The van der Waals surface area contributed by atoms with E-state index in [-0.39, 0.29) is 17.0 Å². The lowest BCUT2D eigenvalue weighted by Gasteiger charge is -2.09. The van der Waals surface area contributed by atoms with Gasteiger partial charge < -0.3 is 4.74 Å². The zero-order valence-corrected chi connectivity index (χ0v) is 17.1. The Morgan fingerprint density at radius 2 is 1.75 bits per heavy atom. The van der Waals surface area contributed by atoms with Crippen molar-refractivity contribution in [3.63, 3.8) is 0 Å². The highest BCUT2D eigenvalue weighted by molar-refractivity contribution is 7.89. The van der Waals surface area contributed by atoms with Crippen molar-refractivity contribution in [2.75, 3.05) is 6.54 Å². The number of rotatable bonds is 10. The number of carbonyl (C=O) groups excluding carboxylic acids is 1. The number of sulfonamides is 1. The lowest BCUT2D eigenvalue weighted by molar-refractivity contribution is 0.0424. The van der Waals surface area contributed by atoms with Crippen LogP contribution in [0, 0.1) is 6.92 Å². The van der Waals surface area contributed by atoms with Gasteiger partial charge in [-0.3, -0.25) is 0 Å². The molecule has 0 radical (unpaired) electrons. The lowest BCUT2D eigenvalue weighted by Crippen LogP contribution is -2.24. The van der Waals surface area contributed by atoms with Crippen LogP contribution in [-0.4, -0.2) is 27.0 Å². The molecule has 2 aromatic carbocycles. The number of ether oxygens (including phenoxy) is 1. The molecule has 1 unspecified atom stereocenters. The van der Waals surface area contributed by atoms with E-state index in [0.717, 1.165) is 24.8 Å². The van der Waals surface area contributed by atoms with Crippen molar-refractivity contribution >= 4 is 16.0 Å². The van der Waals surface area contributed by atoms with Crippen LogP contribution in [0.2, 0.25) is 0 Å². The number of nitrogens with one attached hydrogen (secondary N) is 1. The van der Waals surface area contributed by atoms with Gasteiger partial charge >= 0.3 is 5.97 Å². The maximum Gasteiger partial charge on any atom is 0.338 e. The van der Waals surface area contributed by atoms with Crippen molar-refractivity contribution in [1.82, 2.24) is 4.72 Å². The first kappa shape index (κ1) is 21.9. The zero-order chi connectivity index (χ0) is 20.4. The Kier molecular flexibility index (Phi) is 8.42. The zero-order valence-electron chi connectivity index (χ0n) is 16.3. The number of allylic oxidation sites excluding steroid dienone is 1. The topological polar surface area (TPSA) is 72.5 Å². The van der Waals surface area contributed by atoms with Crippen LogP contribution in [0.5, 0.6) is 0 Å². The van der Waals surface area contributed by atoms with Gasteiger partial charge in [0.1, 0.15) is 6.10 Å². The van der Waals surface area contributed by atoms with Crippen LogP contribution < -0.4 is 4.72 Å². The first-order valence-corrected chi connectivity index (χ1v) is 10.9. The fourth-order valence-corrected chi connectivity index (χ4v) is 3.61. The van der Waals surface area contributed by atoms with Crippen molar-refractivity contribution in [2.24, 2.45) is 0 Å². The molecule has 0 aliphatic rings. The van der Waals surface area contributed by atoms with Crippen LogP contribution in [-0.2, 0) is 14.8 Å². The average Bonchev–Trinajstić information content (AvgIpc) is 2.68. The van der Waals surface area contributed by atoms with Crippen LogP contribution >= 0.6 is 0 Å². The molecule has 0 spiro atoms. The molecule has 0 saturated heterocycles. The van der Waals surface area contributed by atoms with Gasteiger partial charge in [0, 0.05) is 6.54 Å². The van der Waals surface area contributed by atoms with Crippen molar-refractivity contribution in [1.29, 1.82) is 0 Å². The maximum absolute atomic E-state index is 12.2. The summed E-state index contributed by atoms with van der Waals surface area (Å²) in [6, 6.07) is 15.7. The number of aryl methyl sites for hydroxylation is 1. The largest absolute Gasteiger partial charge is 0.455 e. The average molecular weight is 402 g/mol. The summed E-state index contributed by atoms with van der Waals surface area (Å²) < 4.78 is 32.3. The Hall–Kier alpha value is -2.44. The summed E-state index contributed by atoms with van der Waals surface area (Å²) in [6.45, 7) is 4.12. The van der Waals surface area contributed by atoms with E-state index in [1.165, 1.54) is 0 Å². The van der Waals surface area contributed by atoms with E-state index in [4.69, 9.17) is 4.74 Å². The van der Waals surface area contributed by atoms with Crippen LogP contribution in [0.3, 0.4) is 0 Å². The quantitative estimate of drug-likeness (QED) is 0.367. The van der Waals surface area contributed by atoms with Crippen molar-refractivity contribution < 1.29 is 17.9 Å². The molecule has 0 amide bonds. The first-order chi connectivity index (χ1) is 13.4. The molecule has 0 aromatic heterocycles. The standard InChI is InChI=1S/C22H27NO4S/c1-18-13-15-21(16-14-18)28(25,26)23-17-9-4-3-6-10-19(2)27-22(24)20-11-7-5-8-12-20/h5-8,10-16,19,23H,3-4,9,17H2,1-2H3/b10-6+. The molecule has 0 bridgehead atoms. The third kappa shape index (κ3) is 7.29. The summed E-state index contributed by atoms with van der Waals surface area (Å²) >= 11 is 0. The lowest BCUT2D eigenvalue weighted by atomic mass is 10.2. The summed E-state index contributed by atoms with van der Waals surface area (Å²) in [5.41, 5.74) is 1.55. The highest BCUT2D eigenvalue weighted by atomic mass is 32.2. The van der Waals surface area contributed by atoms with E-state index in [9.17, 15) is 13.2 Å². The van der Waals surface area contributed by atoms with Crippen LogP contribution in [0.4, 0.5) is 0 Å². The number of unbranched alkanes of at least 4 members (excludes halogenated alkanes) is 2. The molecule has 2 rings (SSSR count). The Labute approximate surface area is 167 Å². The third-order valence-electron chi connectivity index (χ3n) is 4.13. The molecule has 0 aliphatic carbocycles. The molecular weight excluding hydrogens is 374 g/mol. The predicted octanol–water partition coefficient (Wildman–Crippen LogP) is 4.25. The van der Waals surface area contributed by atoms with Crippen molar-refractivity contribution in [3.8, 4) is 0 Å². The van der Waals surface area contributed by atoms with Crippen LogP contribution in [0.15, 0.2) is 71.6 Å². The molecule has 0 aliphatic heterocycles.